The zero-order chi connectivity index (χ0) is 13.1. The maximum Gasteiger partial charge on any atom is 0.141 e. The number of Topliss-reactive ketones (excluding diaryl/α,β-unsaturated/α-hetero) is 1. The Labute approximate surface area is 104 Å². The maximum absolute atomic E-state index is 11.9. The van der Waals surface area contributed by atoms with Crippen LogP contribution in [0, 0.1) is 17.3 Å². The third-order valence-corrected chi connectivity index (χ3v) is 4.01. The van der Waals surface area contributed by atoms with E-state index in [9.17, 15) is 4.79 Å². The highest BCUT2D eigenvalue weighted by Crippen LogP contribution is 2.40. The van der Waals surface area contributed by atoms with Crippen molar-refractivity contribution in [2.45, 2.75) is 59.8 Å². The molecule has 1 saturated carbocycles. The maximum atomic E-state index is 11.9. The summed E-state index contributed by atoms with van der Waals surface area (Å²) in [4.78, 5) is 11.9. The van der Waals surface area contributed by atoms with Gasteiger partial charge in [0.15, 0.2) is 0 Å². The van der Waals surface area contributed by atoms with Gasteiger partial charge in [0.2, 0.25) is 0 Å². The molecule has 1 N–H and O–H groups in total. The molecule has 0 saturated heterocycles. The van der Waals surface area contributed by atoms with E-state index in [1.54, 1.807) is 6.92 Å². The number of rotatable bonds is 3. The van der Waals surface area contributed by atoms with Gasteiger partial charge in [0.1, 0.15) is 5.78 Å². The van der Waals surface area contributed by atoms with Crippen LogP contribution in [0.15, 0.2) is 5.16 Å². The quantitative estimate of drug-likeness (QED) is 0.464. The second-order valence-corrected chi connectivity index (χ2v) is 6.39. The largest absolute Gasteiger partial charge is 0.411 e. The minimum Gasteiger partial charge on any atom is -0.411 e. The van der Waals surface area contributed by atoms with Crippen LogP contribution in [0.3, 0.4) is 0 Å². The molecule has 0 aromatic heterocycles. The molecule has 0 unspecified atom stereocenters. The number of carbonyl (C=O) groups is 1. The van der Waals surface area contributed by atoms with Crippen molar-refractivity contribution >= 4 is 11.5 Å². The minimum atomic E-state index is 0.185. The molecular formula is C14H25NO2. The lowest BCUT2D eigenvalue weighted by atomic mass is 9.69. The smallest absolute Gasteiger partial charge is 0.141 e. The Morgan fingerprint density at radius 1 is 1.24 bits per heavy atom. The summed E-state index contributed by atoms with van der Waals surface area (Å²) in [5.41, 5.74) is 0.879. The molecule has 1 fully saturated rings. The molecule has 98 valence electrons. The molecule has 0 spiro atoms. The van der Waals surface area contributed by atoms with Crippen LogP contribution in [-0.2, 0) is 4.79 Å². The van der Waals surface area contributed by atoms with E-state index in [2.05, 4.69) is 25.9 Å². The second-order valence-electron chi connectivity index (χ2n) is 6.39. The predicted octanol–water partition coefficient (Wildman–Crippen LogP) is 3.65. The van der Waals surface area contributed by atoms with Gasteiger partial charge < -0.3 is 5.21 Å². The molecule has 0 bridgehead atoms. The number of oxime groups is 1. The van der Waals surface area contributed by atoms with Gasteiger partial charge >= 0.3 is 0 Å². The molecular weight excluding hydrogens is 214 g/mol. The second kappa shape index (κ2) is 5.65. The van der Waals surface area contributed by atoms with Crippen LogP contribution in [-0.4, -0.2) is 16.7 Å². The molecule has 1 aliphatic rings. The molecule has 3 nitrogen and oxygen atoms in total. The highest BCUT2D eigenvalue weighted by atomic mass is 16.4. The summed E-state index contributed by atoms with van der Waals surface area (Å²) >= 11 is 0. The molecule has 0 heterocycles. The Kier molecular flexibility index (Phi) is 4.72. The monoisotopic (exact) mass is 239 g/mol. The van der Waals surface area contributed by atoms with Crippen LogP contribution in [0.25, 0.3) is 0 Å². The van der Waals surface area contributed by atoms with Crippen molar-refractivity contribution in [1.29, 1.82) is 0 Å². The molecule has 1 aliphatic carbocycles. The zero-order valence-corrected chi connectivity index (χ0v) is 11.5. The summed E-state index contributed by atoms with van der Waals surface area (Å²) in [6.45, 7) is 8.53. The zero-order valence-electron chi connectivity index (χ0n) is 11.5. The van der Waals surface area contributed by atoms with Crippen molar-refractivity contribution in [3.05, 3.63) is 0 Å². The fraction of sp³-hybridized carbons (Fsp3) is 0.857. The van der Waals surface area contributed by atoms with Gasteiger partial charge in [-0.15, -0.1) is 0 Å². The van der Waals surface area contributed by atoms with E-state index in [4.69, 9.17) is 5.21 Å². The summed E-state index contributed by atoms with van der Waals surface area (Å²) in [6.07, 6.45) is 4.60. The lowest BCUT2D eigenvalue weighted by Crippen LogP contribution is -2.29. The topological polar surface area (TPSA) is 49.7 Å². The Morgan fingerprint density at radius 2 is 1.76 bits per heavy atom. The van der Waals surface area contributed by atoms with Crippen molar-refractivity contribution in [1.82, 2.24) is 0 Å². The Hall–Kier alpha value is -0.860. The van der Waals surface area contributed by atoms with Gasteiger partial charge in [0, 0.05) is 12.3 Å². The number of ketones is 1. The fourth-order valence-electron chi connectivity index (χ4n) is 2.71. The first-order valence-corrected chi connectivity index (χ1v) is 6.55. The van der Waals surface area contributed by atoms with Crippen LogP contribution < -0.4 is 0 Å². The molecule has 0 atom stereocenters. The first-order chi connectivity index (χ1) is 7.84. The summed E-state index contributed by atoms with van der Waals surface area (Å²) < 4.78 is 0. The summed E-state index contributed by atoms with van der Waals surface area (Å²) in [5, 5.41) is 11.6. The van der Waals surface area contributed by atoms with Crippen LogP contribution in [0.5, 0.6) is 0 Å². The van der Waals surface area contributed by atoms with Gasteiger partial charge in [-0.2, -0.15) is 0 Å². The summed E-state index contributed by atoms with van der Waals surface area (Å²) in [6, 6.07) is 0. The van der Waals surface area contributed by atoms with E-state index in [1.807, 2.05) is 0 Å². The summed E-state index contributed by atoms with van der Waals surface area (Å²) in [5.74, 6) is 1.16. The van der Waals surface area contributed by atoms with Gasteiger partial charge in [0.05, 0.1) is 5.71 Å². The first kappa shape index (κ1) is 14.2. The van der Waals surface area contributed by atoms with Crippen LogP contribution >= 0.6 is 0 Å². The highest BCUT2D eigenvalue weighted by molar-refractivity contribution is 6.01. The van der Waals surface area contributed by atoms with Gasteiger partial charge in [-0.1, -0.05) is 25.9 Å². The third-order valence-electron chi connectivity index (χ3n) is 4.01. The van der Waals surface area contributed by atoms with Gasteiger partial charge in [-0.25, -0.2) is 0 Å². The average molecular weight is 239 g/mol. The third kappa shape index (κ3) is 4.14. The first-order valence-electron chi connectivity index (χ1n) is 6.55. The predicted molar refractivity (Wildman–Crippen MR) is 69.4 cm³/mol. The highest BCUT2D eigenvalue weighted by Gasteiger charge is 2.32. The van der Waals surface area contributed by atoms with Crippen molar-refractivity contribution in [3.63, 3.8) is 0 Å². The summed E-state index contributed by atoms with van der Waals surface area (Å²) in [7, 11) is 0. The number of nitrogens with zero attached hydrogens (tertiary/aromatic N) is 1. The number of hydrogen-bond acceptors (Lipinski definition) is 3. The average Bonchev–Trinajstić information content (AvgIpc) is 2.27. The Balaban J connectivity index is 2.44. The fourth-order valence-corrected chi connectivity index (χ4v) is 2.71. The van der Waals surface area contributed by atoms with Crippen molar-refractivity contribution in [3.8, 4) is 0 Å². The molecule has 17 heavy (non-hydrogen) atoms. The van der Waals surface area contributed by atoms with Gasteiger partial charge in [-0.3, -0.25) is 4.79 Å². The molecule has 1 rings (SSSR count). The number of hydrogen-bond donors (Lipinski definition) is 1. The van der Waals surface area contributed by atoms with Crippen LogP contribution in [0.4, 0.5) is 0 Å². The molecule has 0 aliphatic heterocycles. The van der Waals surface area contributed by atoms with E-state index in [0.29, 0.717) is 17.5 Å². The minimum absolute atomic E-state index is 0.185. The van der Waals surface area contributed by atoms with Crippen LogP contribution in [0.1, 0.15) is 59.8 Å². The Morgan fingerprint density at radius 3 is 2.18 bits per heavy atom. The molecule has 0 aromatic rings. The number of carbonyl (C=O) groups excluding carboxylic acids is 1. The van der Waals surface area contributed by atoms with Gasteiger partial charge in [0.25, 0.3) is 0 Å². The van der Waals surface area contributed by atoms with E-state index >= 15 is 0 Å². The van der Waals surface area contributed by atoms with Gasteiger partial charge in [-0.05, 0) is 43.9 Å². The van der Waals surface area contributed by atoms with Crippen molar-refractivity contribution < 1.29 is 10.0 Å². The van der Waals surface area contributed by atoms with E-state index in [0.717, 1.165) is 31.6 Å². The lowest BCUT2D eigenvalue weighted by Gasteiger charge is -2.36. The molecule has 3 heteroatoms. The lowest BCUT2D eigenvalue weighted by molar-refractivity contribution is -0.123. The SMILES string of the molecule is C/C(CC(=O)C1CCC(C(C)(C)C)CC1)=N/O. The Bertz CT molecular complexity index is 294. The normalized spacial score (nSPS) is 26.9. The molecule has 0 radical (unpaired) electrons. The molecule has 0 amide bonds. The van der Waals surface area contributed by atoms with E-state index in [1.165, 1.54) is 0 Å². The molecule has 0 aromatic carbocycles. The van der Waals surface area contributed by atoms with Crippen molar-refractivity contribution in [2.75, 3.05) is 0 Å². The van der Waals surface area contributed by atoms with E-state index in [-0.39, 0.29) is 11.7 Å². The van der Waals surface area contributed by atoms with E-state index < -0.39 is 0 Å². The van der Waals surface area contributed by atoms with Crippen LogP contribution in [0.2, 0.25) is 0 Å². The van der Waals surface area contributed by atoms with Crippen molar-refractivity contribution in [2.24, 2.45) is 22.4 Å². The standard InChI is InChI=1S/C14H25NO2/c1-10(15-17)9-13(16)11-5-7-12(8-6-11)14(2,3)4/h11-12,17H,5-9H2,1-4H3/b15-10-.